The van der Waals surface area contributed by atoms with Crippen LogP contribution in [0.25, 0.3) is 0 Å². The average molecular weight is 349 g/mol. The zero-order valence-electron chi connectivity index (χ0n) is 14.0. The van der Waals surface area contributed by atoms with E-state index in [4.69, 9.17) is 9.47 Å². The fourth-order valence-corrected chi connectivity index (χ4v) is 2.38. The molecule has 1 amide bonds. The lowest BCUT2D eigenvalue weighted by Crippen LogP contribution is -2.52. The lowest BCUT2D eigenvalue weighted by molar-refractivity contribution is -0.167. The van der Waals surface area contributed by atoms with Gasteiger partial charge in [-0.3, -0.25) is 9.59 Å². The van der Waals surface area contributed by atoms with Crippen LogP contribution >= 0.6 is 11.8 Å². The molecule has 0 aliphatic carbocycles. The van der Waals surface area contributed by atoms with Crippen molar-refractivity contribution in [3.8, 4) is 0 Å². The van der Waals surface area contributed by atoms with Crippen LogP contribution in [-0.4, -0.2) is 45.3 Å². The largest absolute Gasteiger partial charge is 0.480 e. The van der Waals surface area contributed by atoms with Crippen molar-refractivity contribution in [3.05, 3.63) is 0 Å². The van der Waals surface area contributed by atoms with Crippen molar-refractivity contribution in [1.82, 2.24) is 5.32 Å². The van der Waals surface area contributed by atoms with Gasteiger partial charge in [-0.15, -0.1) is 0 Å². The summed E-state index contributed by atoms with van der Waals surface area (Å²) in [7, 11) is 0. The summed E-state index contributed by atoms with van der Waals surface area (Å²) < 4.78 is 8.64. The SMILES string of the molecule is CC(=O)NC(C(=O)O)C(C)(C)SC(=O)OC(C)OC(=O)C(C)C. The van der Waals surface area contributed by atoms with Gasteiger partial charge in [-0.05, 0) is 25.6 Å². The van der Waals surface area contributed by atoms with E-state index in [1.165, 1.54) is 27.7 Å². The highest BCUT2D eigenvalue weighted by molar-refractivity contribution is 8.14. The number of ether oxygens (including phenoxy) is 2. The van der Waals surface area contributed by atoms with Gasteiger partial charge in [-0.2, -0.15) is 0 Å². The summed E-state index contributed by atoms with van der Waals surface area (Å²) in [6, 6.07) is -1.29. The molecule has 0 radical (unpaired) electrons. The maximum atomic E-state index is 11.9. The summed E-state index contributed by atoms with van der Waals surface area (Å²) in [6.45, 7) is 8.81. The lowest BCUT2D eigenvalue weighted by atomic mass is 10.0. The van der Waals surface area contributed by atoms with E-state index in [9.17, 15) is 24.3 Å². The van der Waals surface area contributed by atoms with E-state index >= 15 is 0 Å². The molecule has 0 saturated carbocycles. The first-order chi connectivity index (χ1) is 10.4. The number of rotatable bonds is 7. The minimum atomic E-state index is -1.29. The number of carboxylic acid groups (broad SMARTS) is 1. The second kappa shape index (κ2) is 8.76. The summed E-state index contributed by atoms with van der Waals surface area (Å²) in [5.41, 5.74) is 0. The van der Waals surface area contributed by atoms with E-state index in [1.807, 2.05) is 0 Å². The van der Waals surface area contributed by atoms with Gasteiger partial charge in [0.05, 0.1) is 10.7 Å². The predicted octanol–water partition coefficient (Wildman–Crippen LogP) is 1.77. The molecule has 8 nitrogen and oxygen atoms in total. The number of aliphatic carboxylic acids is 1. The number of hydrogen-bond donors (Lipinski definition) is 2. The molecule has 0 fully saturated rings. The molecule has 0 aromatic rings. The van der Waals surface area contributed by atoms with Crippen LogP contribution in [0.2, 0.25) is 0 Å². The number of hydrogen-bond acceptors (Lipinski definition) is 7. The zero-order chi connectivity index (χ0) is 18.4. The van der Waals surface area contributed by atoms with Crippen molar-refractivity contribution in [2.75, 3.05) is 0 Å². The molecular weight excluding hydrogens is 326 g/mol. The number of nitrogens with one attached hydrogen (secondary N) is 1. The second-order valence-electron chi connectivity index (χ2n) is 5.70. The van der Waals surface area contributed by atoms with Gasteiger partial charge in [0.1, 0.15) is 6.04 Å². The average Bonchev–Trinajstić information content (AvgIpc) is 2.33. The summed E-state index contributed by atoms with van der Waals surface area (Å²) >= 11 is 0.596. The predicted molar refractivity (Wildman–Crippen MR) is 83.8 cm³/mol. The Kier molecular flexibility index (Phi) is 8.08. The first-order valence-corrected chi connectivity index (χ1v) is 7.78. The lowest BCUT2D eigenvalue weighted by Gasteiger charge is -2.30. The van der Waals surface area contributed by atoms with Crippen molar-refractivity contribution in [2.45, 2.75) is 58.6 Å². The van der Waals surface area contributed by atoms with Gasteiger partial charge < -0.3 is 19.9 Å². The first kappa shape index (κ1) is 21.2. The summed E-state index contributed by atoms with van der Waals surface area (Å²) in [5.74, 6) is -2.68. The fourth-order valence-electron chi connectivity index (χ4n) is 1.49. The second-order valence-corrected chi connectivity index (χ2v) is 7.29. The minimum absolute atomic E-state index is 0.364. The first-order valence-electron chi connectivity index (χ1n) is 6.96. The van der Waals surface area contributed by atoms with E-state index in [2.05, 4.69) is 5.32 Å². The standard InChI is InChI=1S/C14H23NO7S/c1-7(2)12(19)21-9(4)22-13(20)23-14(5,6)10(11(17)18)15-8(3)16/h7,9-10H,1-6H3,(H,15,16)(H,17,18). The molecule has 0 aliphatic heterocycles. The molecule has 0 bridgehead atoms. The molecule has 2 unspecified atom stereocenters. The number of esters is 1. The number of amides is 1. The van der Waals surface area contributed by atoms with Crippen molar-refractivity contribution in [1.29, 1.82) is 0 Å². The van der Waals surface area contributed by atoms with E-state index in [1.54, 1.807) is 13.8 Å². The number of carboxylic acids is 1. The molecule has 9 heteroatoms. The number of carbonyl (C=O) groups excluding carboxylic acids is 3. The zero-order valence-corrected chi connectivity index (χ0v) is 14.9. The third-order valence-corrected chi connectivity index (χ3v) is 3.68. The van der Waals surface area contributed by atoms with Gasteiger partial charge in [0.15, 0.2) is 0 Å². The Morgan fingerprint density at radius 3 is 2.00 bits per heavy atom. The highest BCUT2D eigenvalue weighted by Crippen LogP contribution is 2.30. The maximum Gasteiger partial charge on any atom is 0.370 e. The van der Waals surface area contributed by atoms with Gasteiger partial charge in [-0.25, -0.2) is 9.59 Å². The molecule has 2 atom stereocenters. The number of thioether (sulfide) groups is 1. The number of carbonyl (C=O) groups is 4. The van der Waals surface area contributed by atoms with Gasteiger partial charge in [0.25, 0.3) is 0 Å². The van der Waals surface area contributed by atoms with E-state index in [0.29, 0.717) is 11.8 Å². The Morgan fingerprint density at radius 1 is 1.09 bits per heavy atom. The molecule has 0 aromatic heterocycles. The Bertz CT molecular complexity index is 476. The van der Waals surface area contributed by atoms with Crippen LogP contribution in [0.4, 0.5) is 4.79 Å². The smallest absolute Gasteiger partial charge is 0.370 e. The summed E-state index contributed by atoms with van der Waals surface area (Å²) in [5, 5.41) is 10.6. The van der Waals surface area contributed by atoms with Crippen LogP contribution in [0.3, 0.4) is 0 Å². The van der Waals surface area contributed by atoms with Crippen LogP contribution in [0.15, 0.2) is 0 Å². The molecule has 132 valence electrons. The van der Waals surface area contributed by atoms with Crippen LogP contribution in [0.5, 0.6) is 0 Å². The monoisotopic (exact) mass is 349 g/mol. The third-order valence-electron chi connectivity index (χ3n) is 2.65. The highest BCUT2D eigenvalue weighted by Gasteiger charge is 2.39. The van der Waals surface area contributed by atoms with E-state index < -0.39 is 40.2 Å². The molecule has 2 N–H and O–H groups in total. The van der Waals surface area contributed by atoms with Gasteiger partial charge in [0.2, 0.25) is 12.2 Å². The van der Waals surface area contributed by atoms with Crippen LogP contribution in [0, 0.1) is 5.92 Å². The van der Waals surface area contributed by atoms with E-state index in [0.717, 1.165) is 0 Å². The molecule has 0 saturated heterocycles. The molecule has 0 heterocycles. The molecule has 0 rings (SSSR count). The Labute approximate surface area is 139 Å². The molecule has 0 spiro atoms. The van der Waals surface area contributed by atoms with Crippen LogP contribution in [-0.2, 0) is 23.9 Å². The Balaban J connectivity index is 4.75. The Morgan fingerprint density at radius 2 is 1.61 bits per heavy atom. The fraction of sp³-hybridized carbons (Fsp3) is 0.714. The molecule has 0 aromatic carbocycles. The van der Waals surface area contributed by atoms with Gasteiger partial charge in [-0.1, -0.05) is 13.8 Å². The van der Waals surface area contributed by atoms with Crippen LogP contribution < -0.4 is 5.32 Å². The Hall–Kier alpha value is -1.77. The molecular formula is C14H23NO7S. The van der Waals surface area contributed by atoms with E-state index in [-0.39, 0.29) is 5.92 Å². The quantitative estimate of drug-likeness (QED) is 0.527. The summed E-state index contributed by atoms with van der Waals surface area (Å²) in [6.07, 6.45) is -1.09. The van der Waals surface area contributed by atoms with Crippen LogP contribution in [0.1, 0.15) is 41.5 Å². The maximum absolute atomic E-state index is 11.9. The topological polar surface area (TPSA) is 119 Å². The van der Waals surface area contributed by atoms with Gasteiger partial charge in [0, 0.05) is 13.8 Å². The van der Waals surface area contributed by atoms with Crippen molar-refractivity contribution < 1.29 is 33.8 Å². The molecule has 23 heavy (non-hydrogen) atoms. The van der Waals surface area contributed by atoms with Gasteiger partial charge >= 0.3 is 17.2 Å². The van der Waals surface area contributed by atoms with Crippen molar-refractivity contribution >= 4 is 34.9 Å². The van der Waals surface area contributed by atoms with Crippen molar-refractivity contribution in [2.24, 2.45) is 5.92 Å². The summed E-state index contributed by atoms with van der Waals surface area (Å²) in [4.78, 5) is 45.6. The van der Waals surface area contributed by atoms with Crippen molar-refractivity contribution in [3.63, 3.8) is 0 Å². The third kappa shape index (κ3) is 7.87. The molecule has 0 aliphatic rings. The highest BCUT2D eigenvalue weighted by atomic mass is 32.2. The normalized spacial score (nSPS) is 13.9. The minimum Gasteiger partial charge on any atom is -0.480 e.